The number of pyridine rings is 2. The van der Waals surface area contributed by atoms with Crippen molar-refractivity contribution in [2.24, 2.45) is 0 Å². The van der Waals surface area contributed by atoms with Crippen LogP contribution in [0.3, 0.4) is 0 Å². The second kappa shape index (κ2) is 8.91. The van der Waals surface area contributed by atoms with Crippen molar-refractivity contribution in [2.45, 2.75) is 25.2 Å². The van der Waals surface area contributed by atoms with E-state index in [0.717, 1.165) is 12.3 Å². The molecule has 0 radical (unpaired) electrons. The van der Waals surface area contributed by atoms with Gasteiger partial charge in [0.1, 0.15) is 6.61 Å². The number of alkyl halides is 3. The maximum absolute atomic E-state index is 13.7. The number of halogens is 3. The molecule has 1 amide bonds. The second-order valence-electron chi connectivity index (χ2n) is 8.66. The van der Waals surface area contributed by atoms with Gasteiger partial charge in [-0.25, -0.2) is 14.6 Å². The molecule has 2 aliphatic heterocycles. The van der Waals surface area contributed by atoms with Crippen molar-refractivity contribution < 1.29 is 37.3 Å². The number of benzene rings is 1. The number of rotatable bonds is 5. The molecule has 0 bridgehead atoms. The van der Waals surface area contributed by atoms with Crippen LogP contribution in [0.25, 0.3) is 22.4 Å². The van der Waals surface area contributed by atoms with Crippen molar-refractivity contribution in [3.63, 3.8) is 0 Å². The summed E-state index contributed by atoms with van der Waals surface area (Å²) in [4.78, 5) is 33.6. The van der Waals surface area contributed by atoms with Crippen molar-refractivity contribution >= 4 is 12.1 Å². The van der Waals surface area contributed by atoms with Crippen LogP contribution in [-0.2, 0) is 10.9 Å². The van der Waals surface area contributed by atoms with Gasteiger partial charge in [0, 0.05) is 23.5 Å². The second-order valence-corrected chi connectivity index (χ2v) is 8.66. The third kappa shape index (κ3) is 4.26. The molecule has 190 valence electrons. The number of carboxylic acid groups (broad SMARTS) is 1. The third-order valence-corrected chi connectivity index (χ3v) is 6.41. The molecule has 5 rings (SSSR count). The zero-order valence-corrected chi connectivity index (χ0v) is 19.6. The predicted molar refractivity (Wildman–Crippen MR) is 125 cm³/mol. The number of cyclic esters (lactones) is 1. The minimum atomic E-state index is -4.65. The van der Waals surface area contributed by atoms with Gasteiger partial charge in [0.2, 0.25) is 5.88 Å². The van der Waals surface area contributed by atoms with Gasteiger partial charge in [0.25, 0.3) is 0 Å². The van der Waals surface area contributed by atoms with Gasteiger partial charge in [0.05, 0.1) is 41.6 Å². The number of carbonyl (C=O) groups is 2. The number of amides is 1. The van der Waals surface area contributed by atoms with Crippen molar-refractivity contribution in [1.82, 2.24) is 14.9 Å². The zero-order valence-electron chi connectivity index (χ0n) is 19.6. The lowest BCUT2D eigenvalue weighted by Gasteiger charge is -2.25. The summed E-state index contributed by atoms with van der Waals surface area (Å²) in [7, 11) is 1.38. The molecule has 0 unspecified atom stereocenters. The topological polar surface area (TPSA) is 102 Å². The molecule has 1 fully saturated rings. The van der Waals surface area contributed by atoms with Crippen LogP contribution in [0.5, 0.6) is 5.88 Å². The van der Waals surface area contributed by atoms with Crippen LogP contribution < -0.4 is 4.74 Å². The largest absolute Gasteiger partial charge is 0.481 e. The van der Waals surface area contributed by atoms with Crippen molar-refractivity contribution in [3.05, 3.63) is 77.1 Å². The Morgan fingerprint density at radius 3 is 2.59 bits per heavy atom. The molecule has 3 aromatic rings. The standard InChI is InChI=1S/C26H20F3N3O5/c1-13-7-14(24(33)34)3-5-18(13)15-8-20(23(36-2)31-10-15)22-19(9-16(11-30-22)26(27,28)29)21-6-4-17-12-37-25(35)32(17)21/h3-11,17,21H,12H2,1-2H3,(H,33,34)/t17-,21-/m0/s1. The minimum absolute atomic E-state index is 0.111. The Balaban J connectivity index is 1.69. The summed E-state index contributed by atoms with van der Waals surface area (Å²) in [6.07, 6.45) is 0.356. The molecule has 4 heterocycles. The molecular weight excluding hydrogens is 491 g/mol. The van der Waals surface area contributed by atoms with Crippen LogP contribution in [-0.4, -0.2) is 51.8 Å². The van der Waals surface area contributed by atoms with E-state index in [9.17, 15) is 27.9 Å². The molecule has 0 saturated carbocycles. The number of ether oxygens (including phenoxy) is 2. The number of fused-ring (bicyclic) bond motifs is 1. The summed E-state index contributed by atoms with van der Waals surface area (Å²) >= 11 is 0. The van der Waals surface area contributed by atoms with E-state index in [-0.39, 0.29) is 35.3 Å². The molecule has 37 heavy (non-hydrogen) atoms. The summed E-state index contributed by atoms with van der Waals surface area (Å²) in [5.41, 5.74) is 1.71. The van der Waals surface area contributed by atoms with Crippen LogP contribution in [0.1, 0.15) is 33.1 Å². The van der Waals surface area contributed by atoms with Gasteiger partial charge in [-0.2, -0.15) is 13.2 Å². The van der Waals surface area contributed by atoms with Gasteiger partial charge >= 0.3 is 18.2 Å². The average molecular weight is 511 g/mol. The molecule has 8 nitrogen and oxygen atoms in total. The first-order valence-corrected chi connectivity index (χ1v) is 11.2. The summed E-state index contributed by atoms with van der Waals surface area (Å²) in [6, 6.07) is 6.04. The van der Waals surface area contributed by atoms with Crippen LogP contribution >= 0.6 is 0 Å². The summed E-state index contributed by atoms with van der Waals surface area (Å²) < 4.78 is 51.5. The Hall–Kier alpha value is -4.41. The van der Waals surface area contributed by atoms with E-state index in [1.165, 1.54) is 30.3 Å². The zero-order chi connectivity index (χ0) is 26.5. The summed E-state index contributed by atoms with van der Waals surface area (Å²) in [5.74, 6) is -0.940. The SMILES string of the molecule is COc1ncc(-c2ccc(C(=O)O)cc2C)cc1-c1ncc(C(F)(F)F)cc1[C@@H]1C=C[C@H]2COC(=O)N21. The van der Waals surface area contributed by atoms with Crippen LogP contribution in [0.4, 0.5) is 18.0 Å². The fourth-order valence-corrected chi connectivity index (χ4v) is 4.63. The quantitative estimate of drug-likeness (QED) is 0.465. The van der Waals surface area contributed by atoms with Gasteiger partial charge in [-0.05, 0) is 42.3 Å². The molecule has 1 N–H and O–H groups in total. The van der Waals surface area contributed by atoms with Gasteiger partial charge < -0.3 is 14.6 Å². The van der Waals surface area contributed by atoms with Gasteiger partial charge in [-0.1, -0.05) is 18.2 Å². The number of hydrogen-bond donors (Lipinski definition) is 1. The first kappa shape index (κ1) is 24.3. The highest BCUT2D eigenvalue weighted by molar-refractivity contribution is 5.89. The summed E-state index contributed by atoms with van der Waals surface area (Å²) in [6.45, 7) is 1.86. The molecule has 2 aliphatic rings. The van der Waals surface area contributed by atoms with Gasteiger partial charge in [0.15, 0.2) is 0 Å². The number of carbonyl (C=O) groups excluding carboxylic acids is 1. The van der Waals surface area contributed by atoms with Crippen molar-refractivity contribution in [1.29, 1.82) is 0 Å². The Labute approximate surface area is 209 Å². The Bertz CT molecular complexity index is 1450. The van der Waals surface area contributed by atoms with Crippen LogP contribution in [0.15, 0.2) is 54.9 Å². The molecule has 0 spiro atoms. The third-order valence-electron chi connectivity index (χ3n) is 6.41. The lowest BCUT2D eigenvalue weighted by molar-refractivity contribution is -0.137. The Kier molecular flexibility index (Phi) is 5.85. The van der Waals surface area contributed by atoms with Crippen molar-refractivity contribution in [2.75, 3.05) is 13.7 Å². The normalized spacial score (nSPS) is 18.6. The molecule has 0 aliphatic carbocycles. The first-order valence-electron chi connectivity index (χ1n) is 11.2. The Morgan fingerprint density at radius 1 is 1.14 bits per heavy atom. The number of aryl methyl sites for hydroxylation is 1. The maximum atomic E-state index is 13.7. The average Bonchev–Trinajstić information content (AvgIpc) is 3.45. The molecule has 2 atom stereocenters. The monoisotopic (exact) mass is 511 g/mol. The van der Waals surface area contributed by atoms with E-state index < -0.39 is 29.8 Å². The van der Waals surface area contributed by atoms with Crippen molar-refractivity contribution in [3.8, 4) is 28.3 Å². The van der Waals surface area contributed by atoms with Crippen LogP contribution in [0.2, 0.25) is 0 Å². The van der Waals surface area contributed by atoms with E-state index in [4.69, 9.17) is 9.47 Å². The number of aromatic nitrogens is 2. The highest BCUT2D eigenvalue weighted by Gasteiger charge is 2.42. The number of aromatic carboxylic acids is 1. The van der Waals surface area contributed by atoms with E-state index in [1.54, 1.807) is 31.2 Å². The van der Waals surface area contributed by atoms with E-state index in [0.29, 0.717) is 22.3 Å². The smallest absolute Gasteiger partial charge is 0.417 e. The minimum Gasteiger partial charge on any atom is -0.481 e. The van der Waals surface area contributed by atoms with E-state index in [2.05, 4.69) is 9.97 Å². The molecule has 1 aromatic carbocycles. The molecule has 11 heteroatoms. The fraction of sp³-hybridized carbons (Fsp3) is 0.231. The fourth-order valence-electron chi connectivity index (χ4n) is 4.63. The molecular formula is C26H20F3N3O5. The lowest BCUT2D eigenvalue weighted by atomic mass is 9.95. The predicted octanol–water partition coefficient (Wildman–Crippen LogP) is 5.28. The number of carboxylic acids is 1. The van der Waals surface area contributed by atoms with E-state index in [1.807, 2.05) is 0 Å². The number of methoxy groups -OCH3 is 1. The van der Waals surface area contributed by atoms with E-state index >= 15 is 0 Å². The highest BCUT2D eigenvalue weighted by atomic mass is 19.4. The number of nitrogens with zero attached hydrogens (tertiary/aromatic N) is 3. The Morgan fingerprint density at radius 2 is 1.92 bits per heavy atom. The number of hydrogen-bond acceptors (Lipinski definition) is 6. The lowest BCUT2D eigenvalue weighted by Crippen LogP contribution is -2.31. The summed E-state index contributed by atoms with van der Waals surface area (Å²) in [5, 5.41) is 9.27. The molecule has 1 saturated heterocycles. The molecule has 2 aromatic heterocycles. The maximum Gasteiger partial charge on any atom is 0.417 e. The van der Waals surface area contributed by atoms with Gasteiger partial charge in [-0.15, -0.1) is 0 Å². The first-order chi connectivity index (χ1) is 17.6. The highest BCUT2D eigenvalue weighted by Crippen LogP contribution is 2.43. The van der Waals surface area contributed by atoms with Crippen LogP contribution in [0, 0.1) is 6.92 Å². The van der Waals surface area contributed by atoms with Gasteiger partial charge in [-0.3, -0.25) is 9.88 Å².